The van der Waals surface area contributed by atoms with Gasteiger partial charge in [-0.1, -0.05) is 12.1 Å². The Morgan fingerprint density at radius 3 is 2.62 bits per heavy atom. The van der Waals surface area contributed by atoms with E-state index in [-0.39, 0.29) is 0 Å². The number of carbonyl (C=O) groups is 1. The first kappa shape index (κ1) is 12.3. The van der Waals surface area contributed by atoms with Crippen LogP contribution in [0.4, 0.5) is 13.2 Å². The molecule has 0 spiro atoms. The van der Waals surface area contributed by atoms with E-state index in [1.54, 1.807) is 0 Å². The molecule has 16 heavy (non-hydrogen) atoms. The Morgan fingerprint density at radius 2 is 2.06 bits per heavy atom. The van der Waals surface area contributed by atoms with Crippen molar-refractivity contribution in [3.8, 4) is 0 Å². The monoisotopic (exact) mass is 230 g/mol. The first-order valence-corrected chi connectivity index (χ1v) is 4.37. The molecule has 1 aromatic carbocycles. The van der Waals surface area contributed by atoms with E-state index in [0.717, 1.165) is 18.2 Å². The second kappa shape index (κ2) is 4.83. The van der Waals surface area contributed by atoms with Crippen molar-refractivity contribution < 1.29 is 22.7 Å². The first-order valence-electron chi connectivity index (χ1n) is 4.37. The van der Waals surface area contributed by atoms with Crippen LogP contribution in [-0.2, 0) is 15.7 Å². The van der Waals surface area contributed by atoms with Gasteiger partial charge in [-0.15, -0.1) is 0 Å². The molecule has 0 saturated carbocycles. The van der Waals surface area contributed by atoms with Crippen LogP contribution in [0.2, 0.25) is 0 Å². The molecule has 0 aromatic heterocycles. The van der Waals surface area contributed by atoms with Crippen LogP contribution in [0.1, 0.15) is 11.1 Å². The van der Waals surface area contributed by atoms with E-state index in [1.165, 1.54) is 25.3 Å². The summed E-state index contributed by atoms with van der Waals surface area (Å²) in [6.07, 6.45) is -2.05. The summed E-state index contributed by atoms with van der Waals surface area (Å²) in [6.45, 7) is 0. The number of methoxy groups -OCH3 is 1. The number of benzene rings is 1. The Morgan fingerprint density at radius 1 is 1.38 bits per heavy atom. The third kappa shape index (κ3) is 3.42. The van der Waals surface area contributed by atoms with Crippen LogP contribution in [0.15, 0.2) is 30.3 Å². The van der Waals surface area contributed by atoms with Crippen molar-refractivity contribution in [3.63, 3.8) is 0 Å². The molecule has 0 aliphatic heterocycles. The van der Waals surface area contributed by atoms with Gasteiger partial charge in [0.1, 0.15) is 0 Å². The Hall–Kier alpha value is -1.78. The zero-order valence-corrected chi connectivity index (χ0v) is 8.41. The summed E-state index contributed by atoms with van der Waals surface area (Å²) in [4.78, 5) is 10.7. The van der Waals surface area contributed by atoms with Crippen LogP contribution < -0.4 is 0 Å². The van der Waals surface area contributed by atoms with Crippen molar-refractivity contribution >= 4 is 12.0 Å². The van der Waals surface area contributed by atoms with Crippen molar-refractivity contribution in [1.82, 2.24) is 0 Å². The molecule has 1 rings (SSSR count). The highest BCUT2D eigenvalue weighted by atomic mass is 19.4. The van der Waals surface area contributed by atoms with Gasteiger partial charge in [0.15, 0.2) is 0 Å². The number of hydrogen-bond acceptors (Lipinski definition) is 2. The highest BCUT2D eigenvalue weighted by Gasteiger charge is 2.30. The molecular formula is C11H9F3O2. The van der Waals surface area contributed by atoms with Gasteiger partial charge in [-0.05, 0) is 23.8 Å². The second-order valence-electron chi connectivity index (χ2n) is 2.98. The van der Waals surface area contributed by atoms with Crippen LogP contribution in [0.25, 0.3) is 6.08 Å². The zero-order chi connectivity index (χ0) is 12.2. The smallest absolute Gasteiger partial charge is 0.416 e. The molecule has 0 radical (unpaired) electrons. The third-order valence-corrected chi connectivity index (χ3v) is 1.83. The number of hydrogen-bond donors (Lipinski definition) is 0. The average molecular weight is 230 g/mol. The molecule has 0 bridgehead atoms. The Kier molecular flexibility index (Phi) is 3.71. The maximum absolute atomic E-state index is 12.3. The van der Waals surface area contributed by atoms with E-state index >= 15 is 0 Å². The van der Waals surface area contributed by atoms with E-state index < -0.39 is 17.7 Å². The van der Waals surface area contributed by atoms with Gasteiger partial charge in [-0.3, -0.25) is 0 Å². The molecule has 1 aromatic rings. The topological polar surface area (TPSA) is 26.3 Å². The molecule has 0 atom stereocenters. The van der Waals surface area contributed by atoms with Crippen molar-refractivity contribution in [3.05, 3.63) is 41.5 Å². The number of ether oxygens (including phenoxy) is 1. The molecule has 0 aliphatic carbocycles. The largest absolute Gasteiger partial charge is 0.466 e. The van der Waals surface area contributed by atoms with E-state index in [4.69, 9.17) is 0 Å². The Bertz CT molecular complexity index is 408. The van der Waals surface area contributed by atoms with E-state index in [9.17, 15) is 18.0 Å². The molecule has 0 aliphatic rings. The summed E-state index contributed by atoms with van der Waals surface area (Å²) in [5, 5.41) is 0. The quantitative estimate of drug-likeness (QED) is 0.576. The molecule has 86 valence electrons. The fourth-order valence-electron chi connectivity index (χ4n) is 1.05. The maximum atomic E-state index is 12.3. The molecule has 0 unspecified atom stereocenters. The minimum atomic E-state index is -4.38. The Labute approximate surface area is 90.3 Å². The highest BCUT2D eigenvalue weighted by Crippen LogP contribution is 2.29. The highest BCUT2D eigenvalue weighted by molar-refractivity contribution is 5.86. The van der Waals surface area contributed by atoms with E-state index in [2.05, 4.69) is 4.74 Å². The summed E-state index contributed by atoms with van der Waals surface area (Å²) in [7, 11) is 1.19. The molecule has 0 amide bonds. The second-order valence-corrected chi connectivity index (χ2v) is 2.98. The van der Waals surface area contributed by atoms with Crippen molar-refractivity contribution in [2.45, 2.75) is 6.18 Å². The van der Waals surface area contributed by atoms with Crippen LogP contribution in [0.3, 0.4) is 0 Å². The van der Waals surface area contributed by atoms with Gasteiger partial charge in [0, 0.05) is 6.08 Å². The van der Waals surface area contributed by atoms with Crippen molar-refractivity contribution in [1.29, 1.82) is 0 Å². The fourth-order valence-corrected chi connectivity index (χ4v) is 1.05. The molecular weight excluding hydrogens is 221 g/mol. The van der Waals surface area contributed by atoms with E-state index in [1.807, 2.05) is 0 Å². The lowest BCUT2D eigenvalue weighted by Gasteiger charge is -2.06. The SMILES string of the molecule is COC(=O)/C=C/c1cccc(C(F)(F)F)c1. The molecule has 2 nitrogen and oxygen atoms in total. The summed E-state index contributed by atoms with van der Waals surface area (Å²) in [6, 6.07) is 4.67. The normalized spacial score (nSPS) is 11.8. The Balaban J connectivity index is 2.91. The van der Waals surface area contributed by atoms with Crippen LogP contribution in [0, 0.1) is 0 Å². The van der Waals surface area contributed by atoms with Gasteiger partial charge in [-0.2, -0.15) is 13.2 Å². The zero-order valence-electron chi connectivity index (χ0n) is 8.41. The number of halogens is 3. The molecule has 0 fully saturated rings. The summed E-state index contributed by atoms with van der Waals surface area (Å²) in [5.41, 5.74) is -0.459. The number of esters is 1. The van der Waals surface area contributed by atoms with Crippen molar-refractivity contribution in [2.24, 2.45) is 0 Å². The summed E-state index contributed by atoms with van der Waals surface area (Å²) >= 11 is 0. The standard InChI is InChI=1S/C11H9F3O2/c1-16-10(15)6-5-8-3-2-4-9(7-8)11(12,13)14/h2-7H,1H3/b6-5+. The molecule has 5 heteroatoms. The van der Waals surface area contributed by atoms with Gasteiger partial charge >= 0.3 is 12.1 Å². The molecule has 0 N–H and O–H groups in total. The van der Waals surface area contributed by atoms with Crippen LogP contribution in [0.5, 0.6) is 0 Å². The maximum Gasteiger partial charge on any atom is 0.416 e. The lowest BCUT2D eigenvalue weighted by Crippen LogP contribution is -2.04. The lowest BCUT2D eigenvalue weighted by atomic mass is 10.1. The van der Waals surface area contributed by atoms with Crippen LogP contribution >= 0.6 is 0 Å². The predicted octanol–water partition coefficient (Wildman–Crippen LogP) is 2.89. The lowest BCUT2D eigenvalue weighted by molar-refractivity contribution is -0.137. The first-order chi connectivity index (χ1) is 7.43. The minimum Gasteiger partial charge on any atom is -0.466 e. The van der Waals surface area contributed by atoms with E-state index in [0.29, 0.717) is 5.56 Å². The van der Waals surface area contributed by atoms with Crippen molar-refractivity contribution in [2.75, 3.05) is 7.11 Å². The van der Waals surface area contributed by atoms with Gasteiger partial charge in [-0.25, -0.2) is 4.79 Å². The van der Waals surface area contributed by atoms with Gasteiger partial charge in [0.05, 0.1) is 12.7 Å². The number of rotatable bonds is 2. The van der Waals surface area contributed by atoms with Gasteiger partial charge in [0.25, 0.3) is 0 Å². The summed E-state index contributed by atoms with van der Waals surface area (Å²) in [5.74, 6) is -0.614. The molecule has 0 saturated heterocycles. The predicted molar refractivity (Wildman–Crippen MR) is 52.5 cm³/mol. The average Bonchev–Trinajstić information content (AvgIpc) is 2.25. The number of alkyl halides is 3. The number of carbonyl (C=O) groups excluding carboxylic acids is 1. The minimum absolute atomic E-state index is 0.292. The van der Waals surface area contributed by atoms with Gasteiger partial charge in [0.2, 0.25) is 0 Å². The molecule has 0 heterocycles. The fraction of sp³-hybridized carbons (Fsp3) is 0.182. The summed E-state index contributed by atoms with van der Waals surface area (Å²) < 4.78 is 41.3. The van der Waals surface area contributed by atoms with Gasteiger partial charge < -0.3 is 4.74 Å². The third-order valence-electron chi connectivity index (χ3n) is 1.83. The van der Waals surface area contributed by atoms with Crippen LogP contribution in [-0.4, -0.2) is 13.1 Å².